The van der Waals surface area contributed by atoms with E-state index in [4.69, 9.17) is 0 Å². The molecule has 1 aromatic carbocycles. The second-order valence-electron chi connectivity index (χ2n) is 4.54. The summed E-state index contributed by atoms with van der Waals surface area (Å²) in [4.78, 5) is 4.03. The summed E-state index contributed by atoms with van der Waals surface area (Å²) in [5, 5.41) is 3.01. The van der Waals surface area contributed by atoms with Gasteiger partial charge in [0.15, 0.2) is 0 Å². The lowest BCUT2D eigenvalue weighted by Crippen LogP contribution is -2.29. The second-order valence-corrected chi connectivity index (χ2v) is 4.54. The van der Waals surface area contributed by atoms with Crippen LogP contribution >= 0.6 is 0 Å². The van der Waals surface area contributed by atoms with E-state index in [1.165, 1.54) is 0 Å². The predicted molar refractivity (Wildman–Crippen MR) is 71.0 cm³/mol. The van der Waals surface area contributed by atoms with Gasteiger partial charge in [-0.05, 0) is 38.8 Å². The van der Waals surface area contributed by atoms with Gasteiger partial charge >= 0.3 is 0 Å². The summed E-state index contributed by atoms with van der Waals surface area (Å²) in [7, 11) is 7.80. The van der Waals surface area contributed by atoms with Crippen LogP contribution in [0, 0.1) is 5.82 Å². The molecule has 0 unspecified atom stereocenters. The number of anilines is 1. The number of rotatable bonds is 6. The molecular formula is C13H22FN3. The summed E-state index contributed by atoms with van der Waals surface area (Å²) in [6.45, 7) is 2.42. The lowest BCUT2D eigenvalue weighted by molar-refractivity contribution is 0.416. The Morgan fingerprint density at radius 2 is 1.88 bits per heavy atom. The van der Waals surface area contributed by atoms with Gasteiger partial charge in [-0.3, -0.25) is 0 Å². The van der Waals surface area contributed by atoms with Crippen LogP contribution in [0.25, 0.3) is 0 Å². The first-order chi connectivity index (χ1) is 8.04. The third kappa shape index (κ3) is 4.32. The quantitative estimate of drug-likeness (QED) is 0.812. The van der Waals surface area contributed by atoms with Gasteiger partial charge in [0.2, 0.25) is 0 Å². The molecule has 1 N–H and O–H groups in total. The zero-order valence-electron chi connectivity index (χ0n) is 11.1. The molecule has 4 heteroatoms. The molecule has 0 radical (unpaired) electrons. The van der Waals surface area contributed by atoms with Gasteiger partial charge in [0.1, 0.15) is 5.82 Å². The molecule has 0 saturated carbocycles. The molecule has 17 heavy (non-hydrogen) atoms. The van der Waals surface area contributed by atoms with Crippen LogP contribution in [0.1, 0.15) is 5.56 Å². The maximum atomic E-state index is 13.9. The number of hydrogen-bond donors (Lipinski definition) is 1. The second kappa shape index (κ2) is 6.57. The zero-order chi connectivity index (χ0) is 12.8. The molecule has 96 valence electrons. The Kier molecular flexibility index (Phi) is 5.38. The molecular weight excluding hydrogens is 217 g/mol. The lowest BCUT2D eigenvalue weighted by Gasteiger charge is -2.22. The maximum absolute atomic E-state index is 13.9. The highest BCUT2D eigenvalue weighted by molar-refractivity contribution is 5.48. The first-order valence-corrected chi connectivity index (χ1v) is 5.83. The molecule has 0 heterocycles. The van der Waals surface area contributed by atoms with Crippen LogP contribution in [0.2, 0.25) is 0 Å². The van der Waals surface area contributed by atoms with E-state index in [1.807, 2.05) is 45.2 Å². The molecule has 1 rings (SSSR count). The molecule has 3 nitrogen and oxygen atoms in total. The summed E-state index contributed by atoms with van der Waals surface area (Å²) in [5.41, 5.74) is 1.63. The van der Waals surface area contributed by atoms with Gasteiger partial charge < -0.3 is 15.1 Å². The highest BCUT2D eigenvalue weighted by Gasteiger charge is 2.08. The molecule has 0 aliphatic heterocycles. The van der Waals surface area contributed by atoms with Crippen LogP contribution in [0.15, 0.2) is 18.2 Å². The van der Waals surface area contributed by atoms with E-state index in [0.717, 1.165) is 18.7 Å². The van der Waals surface area contributed by atoms with E-state index in [-0.39, 0.29) is 5.82 Å². The molecule has 0 bridgehead atoms. The zero-order valence-corrected chi connectivity index (χ0v) is 11.1. The van der Waals surface area contributed by atoms with Gasteiger partial charge in [-0.2, -0.15) is 0 Å². The molecule has 1 aromatic rings. The standard InChI is InChI=1S/C13H22FN3/c1-15-10-11-5-6-13(12(14)9-11)17(4)8-7-16(2)3/h5-6,9,15H,7-8,10H2,1-4H3. The highest BCUT2D eigenvalue weighted by atomic mass is 19.1. The molecule has 0 aromatic heterocycles. The normalized spacial score (nSPS) is 10.9. The molecule has 0 fully saturated rings. The van der Waals surface area contributed by atoms with Crippen molar-refractivity contribution in [3.8, 4) is 0 Å². The molecule has 0 aliphatic carbocycles. The van der Waals surface area contributed by atoms with E-state index in [1.54, 1.807) is 6.07 Å². The molecule has 0 saturated heterocycles. The minimum atomic E-state index is -0.154. The van der Waals surface area contributed by atoms with Crippen LogP contribution in [0.3, 0.4) is 0 Å². The van der Waals surface area contributed by atoms with Crippen LogP contribution < -0.4 is 10.2 Å². The SMILES string of the molecule is CNCc1ccc(N(C)CCN(C)C)c(F)c1. The van der Waals surface area contributed by atoms with E-state index in [9.17, 15) is 4.39 Å². The van der Waals surface area contributed by atoms with Gasteiger partial charge in [-0.15, -0.1) is 0 Å². The molecule has 0 spiro atoms. The number of likely N-dealkylation sites (N-methyl/N-ethyl adjacent to an activating group) is 2. The summed E-state index contributed by atoms with van der Waals surface area (Å²) >= 11 is 0. The van der Waals surface area contributed by atoms with Gasteiger partial charge in [0.25, 0.3) is 0 Å². The van der Waals surface area contributed by atoms with Crippen molar-refractivity contribution in [2.24, 2.45) is 0 Å². The largest absolute Gasteiger partial charge is 0.371 e. The van der Waals surface area contributed by atoms with Crippen molar-refractivity contribution >= 4 is 5.69 Å². The summed E-state index contributed by atoms with van der Waals surface area (Å²) < 4.78 is 13.9. The average molecular weight is 239 g/mol. The van der Waals surface area contributed by atoms with Crippen LogP contribution in [0.5, 0.6) is 0 Å². The average Bonchev–Trinajstić information content (AvgIpc) is 2.26. The maximum Gasteiger partial charge on any atom is 0.146 e. The number of hydrogen-bond acceptors (Lipinski definition) is 3. The Balaban J connectivity index is 2.70. The topological polar surface area (TPSA) is 18.5 Å². The van der Waals surface area contributed by atoms with Crippen molar-refractivity contribution < 1.29 is 4.39 Å². The summed E-state index contributed by atoms with van der Waals surface area (Å²) in [6.07, 6.45) is 0. The Morgan fingerprint density at radius 3 is 2.41 bits per heavy atom. The van der Waals surface area contributed by atoms with Crippen molar-refractivity contribution in [2.45, 2.75) is 6.54 Å². The van der Waals surface area contributed by atoms with E-state index in [2.05, 4.69) is 10.2 Å². The Morgan fingerprint density at radius 1 is 1.18 bits per heavy atom. The van der Waals surface area contributed by atoms with Gasteiger partial charge in [0, 0.05) is 26.7 Å². The number of benzene rings is 1. The van der Waals surface area contributed by atoms with E-state index < -0.39 is 0 Å². The summed E-state index contributed by atoms with van der Waals surface area (Å²) in [6, 6.07) is 5.40. The van der Waals surface area contributed by atoms with Gasteiger partial charge in [-0.1, -0.05) is 6.07 Å². The Labute approximate surface area is 103 Å². The minimum Gasteiger partial charge on any atom is -0.371 e. The Bertz CT molecular complexity index is 353. The van der Waals surface area contributed by atoms with Crippen molar-refractivity contribution in [1.29, 1.82) is 0 Å². The summed E-state index contributed by atoms with van der Waals surface area (Å²) in [5.74, 6) is -0.154. The van der Waals surface area contributed by atoms with Crippen molar-refractivity contribution in [1.82, 2.24) is 10.2 Å². The Hall–Kier alpha value is -1.13. The smallest absolute Gasteiger partial charge is 0.146 e. The number of nitrogens with zero attached hydrogens (tertiary/aromatic N) is 2. The van der Waals surface area contributed by atoms with Crippen molar-refractivity contribution in [2.75, 3.05) is 46.2 Å². The fourth-order valence-electron chi connectivity index (χ4n) is 1.64. The first-order valence-electron chi connectivity index (χ1n) is 5.83. The van der Waals surface area contributed by atoms with Crippen LogP contribution in [0.4, 0.5) is 10.1 Å². The third-order valence-corrected chi connectivity index (χ3v) is 2.69. The fourth-order valence-corrected chi connectivity index (χ4v) is 1.64. The van der Waals surface area contributed by atoms with Crippen molar-refractivity contribution in [3.05, 3.63) is 29.6 Å². The van der Waals surface area contributed by atoms with E-state index in [0.29, 0.717) is 12.2 Å². The minimum absolute atomic E-state index is 0.154. The fraction of sp³-hybridized carbons (Fsp3) is 0.538. The van der Waals surface area contributed by atoms with E-state index >= 15 is 0 Å². The molecule has 0 aliphatic rings. The number of nitrogens with one attached hydrogen (secondary N) is 1. The molecule has 0 amide bonds. The van der Waals surface area contributed by atoms with Gasteiger partial charge in [-0.25, -0.2) is 4.39 Å². The van der Waals surface area contributed by atoms with Gasteiger partial charge in [0.05, 0.1) is 5.69 Å². The molecule has 0 atom stereocenters. The predicted octanol–water partition coefficient (Wildman–Crippen LogP) is 1.54. The highest BCUT2D eigenvalue weighted by Crippen LogP contribution is 2.19. The lowest BCUT2D eigenvalue weighted by atomic mass is 10.2. The van der Waals surface area contributed by atoms with Crippen molar-refractivity contribution in [3.63, 3.8) is 0 Å². The third-order valence-electron chi connectivity index (χ3n) is 2.69. The van der Waals surface area contributed by atoms with Crippen LogP contribution in [-0.4, -0.2) is 46.2 Å². The monoisotopic (exact) mass is 239 g/mol. The van der Waals surface area contributed by atoms with Crippen LogP contribution in [-0.2, 0) is 6.54 Å². The number of halogens is 1. The first kappa shape index (κ1) is 13.9.